The maximum atomic E-state index is 12.6. The molecular weight excluding hydrogens is 472 g/mol. The Labute approximate surface area is 203 Å². The third-order valence-corrected chi connectivity index (χ3v) is 6.84. The van der Waals surface area contributed by atoms with Crippen molar-refractivity contribution in [3.63, 3.8) is 0 Å². The molecule has 0 fully saturated rings. The SMILES string of the molecule is CCN(CC)C(=O)c1cccc(NC(=O)COC(=O)c2occc2CS(=O)(=O)c2ccccc2)c1. The van der Waals surface area contributed by atoms with Crippen LogP contribution < -0.4 is 5.32 Å². The molecule has 0 atom stereocenters. The summed E-state index contributed by atoms with van der Waals surface area (Å²) >= 11 is 0. The van der Waals surface area contributed by atoms with Crippen molar-refractivity contribution in [2.45, 2.75) is 24.5 Å². The Morgan fingerprint density at radius 1 is 0.971 bits per heavy atom. The van der Waals surface area contributed by atoms with E-state index in [4.69, 9.17) is 9.15 Å². The predicted molar refractivity (Wildman–Crippen MR) is 129 cm³/mol. The van der Waals surface area contributed by atoms with E-state index in [0.29, 0.717) is 24.3 Å². The van der Waals surface area contributed by atoms with Gasteiger partial charge in [0, 0.05) is 29.9 Å². The fraction of sp³-hybridized carbons (Fsp3) is 0.240. The smallest absolute Gasteiger partial charge is 0.375 e. The Morgan fingerprint density at radius 3 is 2.37 bits per heavy atom. The van der Waals surface area contributed by atoms with E-state index in [1.165, 1.54) is 24.5 Å². The second kappa shape index (κ2) is 11.5. The van der Waals surface area contributed by atoms with Gasteiger partial charge in [0.2, 0.25) is 5.76 Å². The molecule has 0 saturated carbocycles. The van der Waals surface area contributed by atoms with Crippen LogP contribution in [0, 0.1) is 0 Å². The van der Waals surface area contributed by atoms with Crippen LogP contribution in [0.3, 0.4) is 0 Å². The molecule has 0 saturated heterocycles. The molecule has 2 aromatic carbocycles. The van der Waals surface area contributed by atoms with Crippen LogP contribution in [-0.4, -0.2) is 50.8 Å². The molecule has 0 aliphatic heterocycles. The summed E-state index contributed by atoms with van der Waals surface area (Å²) in [5, 5.41) is 2.57. The Bertz CT molecular complexity index is 1300. The fourth-order valence-electron chi connectivity index (χ4n) is 3.36. The van der Waals surface area contributed by atoms with Crippen molar-refractivity contribution in [2.75, 3.05) is 25.0 Å². The van der Waals surface area contributed by atoms with Crippen LogP contribution in [-0.2, 0) is 25.1 Å². The van der Waals surface area contributed by atoms with Gasteiger partial charge >= 0.3 is 5.97 Å². The third-order valence-electron chi connectivity index (χ3n) is 5.16. The average Bonchev–Trinajstić information content (AvgIpc) is 3.31. The lowest BCUT2D eigenvalue weighted by Gasteiger charge is -2.19. The normalized spacial score (nSPS) is 11.0. The second-order valence-corrected chi connectivity index (χ2v) is 9.52. The zero-order valence-electron chi connectivity index (χ0n) is 19.4. The average molecular weight is 499 g/mol. The topological polar surface area (TPSA) is 123 Å². The highest BCUT2D eigenvalue weighted by atomic mass is 32.2. The van der Waals surface area contributed by atoms with E-state index in [2.05, 4.69) is 5.32 Å². The Morgan fingerprint density at radius 2 is 1.69 bits per heavy atom. The number of carbonyl (C=O) groups excluding carboxylic acids is 3. The van der Waals surface area contributed by atoms with Gasteiger partial charge in [-0.1, -0.05) is 24.3 Å². The van der Waals surface area contributed by atoms with Gasteiger partial charge in [0.05, 0.1) is 16.9 Å². The van der Waals surface area contributed by atoms with Crippen LogP contribution in [0.25, 0.3) is 0 Å². The number of benzene rings is 2. The van der Waals surface area contributed by atoms with Gasteiger partial charge in [-0.2, -0.15) is 0 Å². The van der Waals surface area contributed by atoms with Gasteiger partial charge < -0.3 is 19.4 Å². The number of esters is 1. The van der Waals surface area contributed by atoms with Crippen molar-refractivity contribution in [1.29, 1.82) is 0 Å². The summed E-state index contributed by atoms with van der Waals surface area (Å²) in [6.45, 7) is 4.25. The van der Waals surface area contributed by atoms with Crippen LogP contribution in [0.5, 0.6) is 0 Å². The minimum atomic E-state index is -3.71. The zero-order valence-corrected chi connectivity index (χ0v) is 20.2. The predicted octanol–water partition coefficient (Wildman–Crippen LogP) is 3.53. The van der Waals surface area contributed by atoms with Crippen LogP contribution in [0.1, 0.15) is 40.3 Å². The highest BCUT2D eigenvalue weighted by Gasteiger charge is 2.24. The number of nitrogens with zero attached hydrogens (tertiary/aromatic N) is 1. The molecule has 0 aliphatic carbocycles. The molecule has 0 spiro atoms. The first-order valence-corrected chi connectivity index (χ1v) is 12.6. The molecule has 2 amide bonds. The van der Waals surface area contributed by atoms with E-state index in [0.717, 1.165) is 0 Å². The number of rotatable bonds is 10. The molecular formula is C25H26N2O7S. The van der Waals surface area contributed by atoms with E-state index in [1.807, 2.05) is 13.8 Å². The lowest BCUT2D eigenvalue weighted by molar-refractivity contribution is -0.119. The molecule has 184 valence electrons. The Kier molecular flexibility index (Phi) is 8.43. The Hall–Kier alpha value is -3.92. The molecule has 0 radical (unpaired) electrons. The van der Waals surface area contributed by atoms with Crippen molar-refractivity contribution < 1.29 is 32.0 Å². The van der Waals surface area contributed by atoms with Gasteiger partial charge in [-0.15, -0.1) is 0 Å². The van der Waals surface area contributed by atoms with Gasteiger partial charge in [-0.3, -0.25) is 9.59 Å². The number of ether oxygens (including phenoxy) is 1. The molecule has 35 heavy (non-hydrogen) atoms. The van der Waals surface area contributed by atoms with Crippen LogP contribution >= 0.6 is 0 Å². The molecule has 0 bridgehead atoms. The number of furan rings is 1. The van der Waals surface area contributed by atoms with E-state index in [9.17, 15) is 22.8 Å². The van der Waals surface area contributed by atoms with Crippen LogP contribution in [0.4, 0.5) is 5.69 Å². The van der Waals surface area contributed by atoms with Gasteiger partial charge in [0.25, 0.3) is 11.8 Å². The first-order valence-electron chi connectivity index (χ1n) is 11.0. The number of sulfone groups is 1. The first kappa shape index (κ1) is 25.7. The first-order chi connectivity index (χ1) is 16.7. The van der Waals surface area contributed by atoms with Gasteiger partial charge in [0.1, 0.15) is 0 Å². The van der Waals surface area contributed by atoms with Crippen molar-refractivity contribution in [3.8, 4) is 0 Å². The summed E-state index contributed by atoms with van der Waals surface area (Å²) in [7, 11) is -3.71. The van der Waals surface area contributed by atoms with Gasteiger partial charge in [0.15, 0.2) is 16.4 Å². The molecule has 1 heterocycles. The standard InChI is InChI=1S/C25H26N2O7S/c1-3-27(4-2)24(29)18-9-8-10-20(15-18)26-22(28)16-34-25(30)23-19(13-14-33-23)17-35(31,32)21-11-6-5-7-12-21/h5-15H,3-4,16-17H2,1-2H3,(H,26,28). The molecule has 10 heteroatoms. The molecule has 9 nitrogen and oxygen atoms in total. The maximum absolute atomic E-state index is 12.6. The summed E-state index contributed by atoms with van der Waals surface area (Å²) < 4.78 is 35.4. The summed E-state index contributed by atoms with van der Waals surface area (Å²) in [5.41, 5.74) is 0.918. The van der Waals surface area contributed by atoms with Crippen molar-refractivity contribution in [2.24, 2.45) is 0 Å². The maximum Gasteiger partial charge on any atom is 0.375 e. The lowest BCUT2D eigenvalue weighted by atomic mass is 10.1. The third kappa shape index (κ3) is 6.57. The molecule has 3 aromatic rings. The minimum Gasteiger partial charge on any atom is -0.457 e. The van der Waals surface area contributed by atoms with Gasteiger partial charge in [-0.25, -0.2) is 13.2 Å². The minimum absolute atomic E-state index is 0.113. The van der Waals surface area contributed by atoms with Crippen LogP contribution in [0.15, 0.2) is 76.2 Å². The quantitative estimate of drug-likeness (QED) is 0.424. The molecule has 1 aromatic heterocycles. The summed E-state index contributed by atoms with van der Waals surface area (Å²) in [4.78, 5) is 39.0. The van der Waals surface area contributed by atoms with Crippen molar-refractivity contribution in [1.82, 2.24) is 4.90 Å². The number of nitrogens with one attached hydrogen (secondary N) is 1. The number of amides is 2. The van der Waals surface area contributed by atoms with Crippen molar-refractivity contribution >= 4 is 33.3 Å². The second-order valence-electron chi connectivity index (χ2n) is 7.53. The number of carbonyl (C=O) groups is 3. The number of hydrogen-bond acceptors (Lipinski definition) is 7. The largest absolute Gasteiger partial charge is 0.457 e. The molecule has 3 rings (SSSR count). The number of anilines is 1. The van der Waals surface area contributed by atoms with Crippen molar-refractivity contribution in [3.05, 3.63) is 83.8 Å². The molecule has 1 N–H and O–H groups in total. The number of hydrogen-bond donors (Lipinski definition) is 1. The molecule has 0 unspecified atom stereocenters. The molecule has 0 aliphatic rings. The fourth-order valence-corrected chi connectivity index (χ4v) is 4.74. The monoisotopic (exact) mass is 498 g/mol. The van der Waals surface area contributed by atoms with Crippen LogP contribution in [0.2, 0.25) is 0 Å². The van der Waals surface area contributed by atoms with E-state index in [1.54, 1.807) is 47.4 Å². The van der Waals surface area contributed by atoms with E-state index in [-0.39, 0.29) is 22.1 Å². The highest BCUT2D eigenvalue weighted by molar-refractivity contribution is 7.90. The zero-order chi connectivity index (χ0) is 25.4. The summed E-state index contributed by atoms with van der Waals surface area (Å²) in [5.74, 6) is -2.50. The van der Waals surface area contributed by atoms with E-state index >= 15 is 0 Å². The lowest BCUT2D eigenvalue weighted by Crippen LogP contribution is -2.30. The summed E-state index contributed by atoms with van der Waals surface area (Å²) in [6.07, 6.45) is 1.19. The highest BCUT2D eigenvalue weighted by Crippen LogP contribution is 2.20. The summed E-state index contributed by atoms with van der Waals surface area (Å²) in [6, 6.07) is 15.6. The Balaban J connectivity index is 1.60. The van der Waals surface area contributed by atoms with E-state index < -0.39 is 34.1 Å². The van der Waals surface area contributed by atoms with Gasteiger partial charge in [-0.05, 0) is 50.2 Å².